The molecule has 0 atom stereocenters. The molecule has 4 aromatic rings. The van der Waals surface area contributed by atoms with Crippen molar-refractivity contribution in [2.24, 2.45) is 0 Å². The van der Waals surface area contributed by atoms with E-state index in [4.69, 9.17) is 0 Å². The molecular formula is C27H23F5N4O2S. The maximum atomic E-state index is 13.7. The van der Waals surface area contributed by atoms with Crippen molar-refractivity contribution in [1.82, 2.24) is 19.7 Å². The predicted molar refractivity (Wildman–Crippen MR) is 136 cm³/mol. The number of hydrogen-bond donors (Lipinski definition) is 1. The van der Waals surface area contributed by atoms with Crippen molar-refractivity contribution in [3.8, 4) is 33.8 Å². The van der Waals surface area contributed by atoms with Gasteiger partial charge in [0.15, 0.2) is 5.82 Å². The second kappa shape index (κ2) is 10.4. The number of nitrogens with one attached hydrogen (secondary N) is 1. The molecule has 1 N–H and O–H groups in total. The van der Waals surface area contributed by atoms with Gasteiger partial charge >= 0.3 is 6.18 Å². The molecule has 2 aromatic carbocycles. The van der Waals surface area contributed by atoms with Crippen molar-refractivity contribution in [1.29, 1.82) is 0 Å². The van der Waals surface area contributed by atoms with E-state index in [0.29, 0.717) is 16.7 Å². The van der Waals surface area contributed by atoms with Crippen LogP contribution in [0.3, 0.4) is 0 Å². The summed E-state index contributed by atoms with van der Waals surface area (Å²) in [5.74, 6) is -0.0808. The standard InChI is InChI=1S/C27H23F5N4O2S/c1-26(2,3)36-39(37,38)20-9-5-7-17(13-20)16-6-4-8-18(12-16)25-34-21(14-22(35-25)24(28)29)19-10-11-23(33-15-19)27(30,31)32/h4-15,24,36H,1-3H3. The molecule has 0 aliphatic heterocycles. The zero-order valence-electron chi connectivity index (χ0n) is 21.0. The highest BCUT2D eigenvalue weighted by Crippen LogP contribution is 2.32. The fourth-order valence-electron chi connectivity index (χ4n) is 3.71. The summed E-state index contributed by atoms with van der Waals surface area (Å²) in [4.78, 5) is 11.7. The summed E-state index contributed by atoms with van der Waals surface area (Å²) in [6.45, 7) is 5.17. The Morgan fingerprint density at radius 1 is 0.795 bits per heavy atom. The molecule has 39 heavy (non-hydrogen) atoms. The van der Waals surface area contributed by atoms with Crippen molar-refractivity contribution >= 4 is 10.0 Å². The minimum absolute atomic E-state index is 0.0247. The third kappa shape index (κ3) is 6.82. The molecular weight excluding hydrogens is 539 g/mol. The monoisotopic (exact) mass is 562 g/mol. The highest BCUT2D eigenvalue weighted by molar-refractivity contribution is 7.89. The normalized spacial score (nSPS) is 12.6. The maximum absolute atomic E-state index is 13.7. The molecule has 0 amide bonds. The minimum Gasteiger partial charge on any atom is -0.251 e. The van der Waals surface area contributed by atoms with Crippen molar-refractivity contribution in [2.45, 2.75) is 43.8 Å². The lowest BCUT2D eigenvalue weighted by Crippen LogP contribution is -2.40. The zero-order chi connectivity index (χ0) is 28.6. The average Bonchev–Trinajstić information content (AvgIpc) is 2.87. The number of rotatable bonds is 6. The number of benzene rings is 2. The number of aromatic nitrogens is 3. The summed E-state index contributed by atoms with van der Waals surface area (Å²) >= 11 is 0. The molecule has 6 nitrogen and oxygen atoms in total. The van der Waals surface area contributed by atoms with Gasteiger partial charge in [0, 0.05) is 22.9 Å². The highest BCUT2D eigenvalue weighted by Gasteiger charge is 2.32. The Labute approximate surface area is 222 Å². The quantitative estimate of drug-likeness (QED) is 0.258. The van der Waals surface area contributed by atoms with Crippen molar-refractivity contribution in [3.63, 3.8) is 0 Å². The van der Waals surface area contributed by atoms with E-state index in [1.54, 1.807) is 57.2 Å². The summed E-state index contributed by atoms with van der Waals surface area (Å²) < 4.78 is 94.2. The van der Waals surface area contributed by atoms with Gasteiger partial charge in [-0.25, -0.2) is 31.9 Å². The van der Waals surface area contributed by atoms with Gasteiger partial charge < -0.3 is 0 Å². The van der Waals surface area contributed by atoms with E-state index in [1.165, 1.54) is 12.1 Å². The van der Waals surface area contributed by atoms with Crippen LogP contribution < -0.4 is 4.72 Å². The second-order valence-corrected chi connectivity index (χ2v) is 11.4. The van der Waals surface area contributed by atoms with E-state index in [2.05, 4.69) is 19.7 Å². The molecule has 2 aromatic heterocycles. The molecule has 0 radical (unpaired) electrons. The number of pyridine rings is 1. The third-order valence-corrected chi connectivity index (χ3v) is 7.11. The van der Waals surface area contributed by atoms with Crippen LogP contribution in [0.2, 0.25) is 0 Å². The maximum Gasteiger partial charge on any atom is 0.433 e. The largest absolute Gasteiger partial charge is 0.433 e. The number of nitrogens with zero attached hydrogens (tertiary/aromatic N) is 3. The molecule has 0 aliphatic rings. The zero-order valence-corrected chi connectivity index (χ0v) is 21.8. The number of hydrogen-bond acceptors (Lipinski definition) is 5. The lowest BCUT2D eigenvalue weighted by molar-refractivity contribution is -0.141. The van der Waals surface area contributed by atoms with Crippen LogP contribution in [0.15, 0.2) is 77.8 Å². The van der Waals surface area contributed by atoms with Crippen molar-refractivity contribution in [3.05, 3.63) is 84.3 Å². The van der Waals surface area contributed by atoms with Crippen LogP contribution in [-0.4, -0.2) is 28.9 Å². The Balaban J connectivity index is 1.75. The molecule has 2 heterocycles. The first kappa shape index (κ1) is 28.2. The predicted octanol–water partition coefficient (Wildman–Crippen LogP) is 6.91. The molecule has 0 saturated heterocycles. The number of halogens is 5. The smallest absolute Gasteiger partial charge is 0.251 e. The van der Waals surface area contributed by atoms with E-state index in [-0.39, 0.29) is 22.0 Å². The fourth-order valence-corrected chi connectivity index (χ4v) is 5.17. The van der Waals surface area contributed by atoms with Crippen LogP contribution in [0.1, 0.15) is 38.6 Å². The van der Waals surface area contributed by atoms with Gasteiger partial charge in [-0.05, 0) is 68.3 Å². The van der Waals surface area contributed by atoms with Gasteiger partial charge in [-0.15, -0.1) is 0 Å². The summed E-state index contributed by atoms with van der Waals surface area (Å²) in [5, 5.41) is 0. The first-order valence-electron chi connectivity index (χ1n) is 11.6. The Morgan fingerprint density at radius 3 is 2.03 bits per heavy atom. The first-order chi connectivity index (χ1) is 18.1. The molecule has 0 saturated carbocycles. The van der Waals surface area contributed by atoms with Crippen LogP contribution in [0.5, 0.6) is 0 Å². The topological polar surface area (TPSA) is 84.8 Å². The lowest BCUT2D eigenvalue weighted by Gasteiger charge is -2.20. The van der Waals surface area contributed by atoms with Gasteiger partial charge in [0.2, 0.25) is 10.0 Å². The Morgan fingerprint density at radius 2 is 1.44 bits per heavy atom. The Bertz CT molecular complexity index is 1600. The first-order valence-corrected chi connectivity index (χ1v) is 13.1. The Hall–Kier alpha value is -3.77. The van der Waals surface area contributed by atoms with Crippen LogP contribution >= 0.6 is 0 Å². The minimum atomic E-state index is -4.65. The summed E-state index contributed by atoms with van der Waals surface area (Å²) in [6, 6.07) is 15.6. The van der Waals surface area contributed by atoms with Gasteiger partial charge in [0.05, 0.1) is 10.6 Å². The van der Waals surface area contributed by atoms with Crippen LogP contribution in [-0.2, 0) is 16.2 Å². The van der Waals surface area contributed by atoms with Gasteiger partial charge in [-0.2, -0.15) is 13.2 Å². The van der Waals surface area contributed by atoms with Gasteiger partial charge in [0.1, 0.15) is 11.4 Å². The number of sulfonamides is 1. The van der Waals surface area contributed by atoms with Crippen molar-refractivity contribution in [2.75, 3.05) is 0 Å². The highest BCUT2D eigenvalue weighted by atomic mass is 32.2. The van der Waals surface area contributed by atoms with E-state index in [9.17, 15) is 30.4 Å². The van der Waals surface area contributed by atoms with Gasteiger partial charge in [-0.1, -0.05) is 30.3 Å². The van der Waals surface area contributed by atoms with E-state index >= 15 is 0 Å². The summed E-state index contributed by atoms with van der Waals surface area (Å²) in [5.41, 5.74) is -0.877. The van der Waals surface area contributed by atoms with E-state index in [0.717, 1.165) is 24.4 Å². The molecule has 204 valence electrons. The van der Waals surface area contributed by atoms with Crippen LogP contribution in [0, 0.1) is 0 Å². The molecule has 0 spiro atoms. The second-order valence-electron chi connectivity index (χ2n) is 9.70. The summed E-state index contributed by atoms with van der Waals surface area (Å²) in [7, 11) is -3.81. The molecule has 0 fully saturated rings. The lowest BCUT2D eigenvalue weighted by atomic mass is 10.0. The molecule has 12 heteroatoms. The Kier molecular flexibility index (Phi) is 7.55. The molecule has 4 rings (SSSR count). The SMILES string of the molecule is CC(C)(C)NS(=O)(=O)c1cccc(-c2cccc(-c3nc(-c4ccc(C(F)(F)F)nc4)cc(C(F)F)n3)c2)c1. The van der Waals surface area contributed by atoms with Crippen LogP contribution in [0.4, 0.5) is 22.0 Å². The van der Waals surface area contributed by atoms with E-state index in [1.807, 2.05) is 0 Å². The van der Waals surface area contributed by atoms with Gasteiger partial charge in [0.25, 0.3) is 6.43 Å². The third-order valence-electron chi connectivity index (χ3n) is 5.36. The average molecular weight is 563 g/mol. The molecule has 0 aliphatic carbocycles. The summed E-state index contributed by atoms with van der Waals surface area (Å²) in [6.07, 6.45) is -6.70. The van der Waals surface area contributed by atoms with Crippen LogP contribution in [0.25, 0.3) is 33.8 Å². The van der Waals surface area contributed by atoms with Gasteiger partial charge in [-0.3, -0.25) is 4.98 Å². The molecule has 0 bridgehead atoms. The molecule has 0 unspecified atom stereocenters. The fraction of sp³-hybridized carbons (Fsp3) is 0.222. The number of alkyl halides is 5. The van der Waals surface area contributed by atoms with E-state index < -0.39 is 39.6 Å². The van der Waals surface area contributed by atoms with Crippen molar-refractivity contribution < 1.29 is 30.4 Å².